The molecule has 118 valence electrons. The van der Waals surface area contributed by atoms with E-state index in [1.165, 1.54) is 12.1 Å². The van der Waals surface area contributed by atoms with Gasteiger partial charge in [-0.2, -0.15) is 0 Å². The van der Waals surface area contributed by atoms with E-state index < -0.39 is 11.6 Å². The van der Waals surface area contributed by atoms with E-state index in [9.17, 15) is 8.78 Å². The Morgan fingerprint density at radius 3 is 2.42 bits per heavy atom. The molecule has 0 saturated heterocycles. The van der Waals surface area contributed by atoms with Crippen molar-refractivity contribution in [2.45, 2.75) is 6.61 Å². The first-order valence-electron chi connectivity index (χ1n) is 7.41. The van der Waals surface area contributed by atoms with E-state index in [4.69, 9.17) is 11.2 Å². The Bertz CT molecular complexity index is 895. The highest BCUT2D eigenvalue weighted by atomic mass is 19.2. The van der Waals surface area contributed by atoms with Crippen LogP contribution < -0.4 is 4.74 Å². The normalized spacial score (nSPS) is 10.2. The molecule has 3 aromatic rings. The molecule has 0 heterocycles. The Hall–Kier alpha value is -3.12. The van der Waals surface area contributed by atoms with Crippen molar-refractivity contribution in [3.05, 3.63) is 89.5 Å². The van der Waals surface area contributed by atoms with Gasteiger partial charge in [-0.15, -0.1) is 6.42 Å². The van der Waals surface area contributed by atoms with Gasteiger partial charge in [-0.05, 0) is 29.8 Å². The Labute approximate surface area is 139 Å². The summed E-state index contributed by atoms with van der Waals surface area (Å²) in [4.78, 5) is 0. The van der Waals surface area contributed by atoms with Crippen LogP contribution in [-0.2, 0) is 6.61 Å². The fourth-order valence-corrected chi connectivity index (χ4v) is 2.40. The Morgan fingerprint density at radius 1 is 0.875 bits per heavy atom. The van der Waals surface area contributed by atoms with Crippen LogP contribution in [0.2, 0.25) is 0 Å². The van der Waals surface area contributed by atoms with Gasteiger partial charge in [0.15, 0.2) is 11.6 Å². The monoisotopic (exact) mass is 320 g/mol. The lowest BCUT2D eigenvalue weighted by molar-refractivity contribution is 0.307. The van der Waals surface area contributed by atoms with Crippen LogP contribution in [0.5, 0.6) is 5.75 Å². The first-order chi connectivity index (χ1) is 11.7. The minimum absolute atomic E-state index is 0.140. The van der Waals surface area contributed by atoms with E-state index >= 15 is 0 Å². The van der Waals surface area contributed by atoms with Gasteiger partial charge in [0.25, 0.3) is 0 Å². The van der Waals surface area contributed by atoms with E-state index in [0.717, 1.165) is 11.6 Å². The summed E-state index contributed by atoms with van der Waals surface area (Å²) in [6, 6.07) is 18.6. The quantitative estimate of drug-likeness (QED) is 0.601. The van der Waals surface area contributed by atoms with Crippen molar-refractivity contribution in [3.8, 4) is 29.2 Å². The molecule has 0 aliphatic heterocycles. The minimum Gasteiger partial charge on any atom is -0.488 e. The van der Waals surface area contributed by atoms with Gasteiger partial charge in [-0.3, -0.25) is 0 Å². The van der Waals surface area contributed by atoms with Crippen molar-refractivity contribution in [1.82, 2.24) is 0 Å². The van der Waals surface area contributed by atoms with Crippen molar-refractivity contribution in [2.75, 3.05) is 0 Å². The van der Waals surface area contributed by atoms with Gasteiger partial charge in [0.1, 0.15) is 12.4 Å². The Kier molecular flexibility index (Phi) is 4.58. The maximum atomic E-state index is 14.1. The summed E-state index contributed by atoms with van der Waals surface area (Å²) in [5, 5.41) is 0. The molecule has 0 unspecified atom stereocenters. The van der Waals surface area contributed by atoms with Crippen molar-refractivity contribution < 1.29 is 13.5 Å². The molecular weight excluding hydrogens is 306 g/mol. The first-order valence-corrected chi connectivity index (χ1v) is 7.41. The minimum atomic E-state index is -0.907. The van der Waals surface area contributed by atoms with E-state index in [2.05, 4.69) is 5.92 Å². The average molecular weight is 320 g/mol. The standard InChI is InChI=1S/C21H14F2O/c1-2-15-11-12-17(18-9-6-10-19(22)21(18)23)20(13-15)24-14-16-7-4-3-5-8-16/h1,3-13H,14H2. The van der Waals surface area contributed by atoms with Gasteiger partial charge in [0, 0.05) is 16.7 Å². The van der Waals surface area contributed by atoms with Gasteiger partial charge in [0.2, 0.25) is 0 Å². The molecular formula is C21H14F2O. The summed E-state index contributed by atoms with van der Waals surface area (Å²) in [5.41, 5.74) is 2.18. The molecule has 0 bridgehead atoms. The highest BCUT2D eigenvalue weighted by molar-refractivity contribution is 5.72. The maximum Gasteiger partial charge on any atom is 0.166 e. The van der Waals surface area contributed by atoms with Crippen LogP contribution in [0.1, 0.15) is 11.1 Å². The molecule has 0 aromatic heterocycles. The van der Waals surface area contributed by atoms with E-state index in [1.54, 1.807) is 18.2 Å². The smallest absolute Gasteiger partial charge is 0.166 e. The topological polar surface area (TPSA) is 9.23 Å². The molecule has 0 spiro atoms. The van der Waals surface area contributed by atoms with Crippen molar-refractivity contribution in [1.29, 1.82) is 0 Å². The molecule has 24 heavy (non-hydrogen) atoms. The number of hydrogen-bond donors (Lipinski definition) is 0. The fourth-order valence-electron chi connectivity index (χ4n) is 2.40. The highest BCUT2D eigenvalue weighted by Crippen LogP contribution is 2.34. The summed E-state index contributed by atoms with van der Waals surface area (Å²) >= 11 is 0. The predicted molar refractivity (Wildman–Crippen MR) is 90.5 cm³/mol. The zero-order valence-electron chi connectivity index (χ0n) is 12.8. The molecule has 0 fully saturated rings. The van der Waals surface area contributed by atoms with Crippen LogP contribution in [0.4, 0.5) is 8.78 Å². The summed E-state index contributed by atoms with van der Waals surface area (Å²) in [6.07, 6.45) is 5.43. The second-order valence-electron chi connectivity index (χ2n) is 5.23. The number of hydrogen-bond acceptors (Lipinski definition) is 1. The second kappa shape index (κ2) is 6.97. The highest BCUT2D eigenvalue weighted by Gasteiger charge is 2.14. The van der Waals surface area contributed by atoms with Crippen LogP contribution in [0.25, 0.3) is 11.1 Å². The van der Waals surface area contributed by atoms with Crippen LogP contribution in [0.3, 0.4) is 0 Å². The van der Waals surface area contributed by atoms with Crippen LogP contribution in [-0.4, -0.2) is 0 Å². The van der Waals surface area contributed by atoms with Crippen molar-refractivity contribution in [2.24, 2.45) is 0 Å². The van der Waals surface area contributed by atoms with Crippen LogP contribution >= 0.6 is 0 Å². The zero-order valence-corrected chi connectivity index (χ0v) is 12.8. The van der Waals surface area contributed by atoms with E-state index in [0.29, 0.717) is 23.5 Å². The van der Waals surface area contributed by atoms with Gasteiger partial charge in [0.05, 0.1) is 0 Å². The van der Waals surface area contributed by atoms with Crippen molar-refractivity contribution in [3.63, 3.8) is 0 Å². The fraction of sp³-hybridized carbons (Fsp3) is 0.0476. The third-order valence-corrected chi connectivity index (χ3v) is 3.63. The Balaban J connectivity index is 2.00. The molecule has 0 radical (unpaired) electrons. The SMILES string of the molecule is C#Cc1ccc(-c2cccc(F)c2F)c(OCc2ccccc2)c1. The largest absolute Gasteiger partial charge is 0.488 e. The first kappa shape index (κ1) is 15.8. The van der Waals surface area contributed by atoms with E-state index in [-0.39, 0.29) is 5.56 Å². The van der Waals surface area contributed by atoms with Crippen LogP contribution in [0.15, 0.2) is 66.7 Å². The third-order valence-electron chi connectivity index (χ3n) is 3.63. The molecule has 3 rings (SSSR count). The van der Waals surface area contributed by atoms with Crippen molar-refractivity contribution >= 4 is 0 Å². The zero-order chi connectivity index (χ0) is 16.9. The molecule has 3 heteroatoms. The number of rotatable bonds is 4. The molecule has 0 aliphatic rings. The lowest BCUT2D eigenvalue weighted by Crippen LogP contribution is -1.99. The van der Waals surface area contributed by atoms with Crippen LogP contribution in [0, 0.1) is 24.0 Å². The second-order valence-corrected chi connectivity index (χ2v) is 5.23. The lowest BCUT2D eigenvalue weighted by Gasteiger charge is -2.13. The summed E-state index contributed by atoms with van der Waals surface area (Å²) in [7, 11) is 0. The summed E-state index contributed by atoms with van der Waals surface area (Å²) in [6.45, 7) is 0.304. The average Bonchev–Trinajstić information content (AvgIpc) is 2.63. The molecule has 0 aliphatic carbocycles. The predicted octanol–water partition coefficient (Wildman–Crippen LogP) is 5.19. The third kappa shape index (κ3) is 3.28. The number of ether oxygens (including phenoxy) is 1. The molecule has 0 amide bonds. The Morgan fingerprint density at radius 2 is 1.67 bits per heavy atom. The lowest BCUT2D eigenvalue weighted by atomic mass is 10.0. The number of terminal acetylenes is 1. The molecule has 1 nitrogen and oxygen atoms in total. The molecule has 3 aromatic carbocycles. The summed E-state index contributed by atoms with van der Waals surface area (Å²) < 4.78 is 33.5. The number of benzene rings is 3. The van der Waals surface area contributed by atoms with Gasteiger partial charge < -0.3 is 4.74 Å². The molecule has 0 N–H and O–H groups in total. The van der Waals surface area contributed by atoms with E-state index in [1.807, 2.05) is 30.3 Å². The maximum absolute atomic E-state index is 14.1. The molecule has 0 atom stereocenters. The van der Waals surface area contributed by atoms with Gasteiger partial charge >= 0.3 is 0 Å². The van der Waals surface area contributed by atoms with Gasteiger partial charge in [-0.1, -0.05) is 48.4 Å². The summed E-state index contributed by atoms with van der Waals surface area (Å²) in [5.74, 6) is 1.13. The number of halogens is 2. The molecule has 0 saturated carbocycles. The van der Waals surface area contributed by atoms with Gasteiger partial charge in [-0.25, -0.2) is 8.78 Å².